The summed E-state index contributed by atoms with van der Waals surface area (Å²) in [6, 6.07) is 6.58. The normalized spacial score (nSPS) is 24.1. The molecule has 2 N–H and O–H groups in total. The number of hydrogen-bond acceptors (Lipinski definition) is 1. The minimum absolute atomic E-state index is 0.276. The highest BCUT2D eigenvalue weighted by atomic mass is 31.1. The maximum atomic E-state index is 4.02. The van der Waals surface area contributed by atoms with Gasteiger partial charge in [0, 0.05) is 34.6 Å². The molecule has 3 rings (SSSR count). The highest BCUT2D eigenvalue weighted by Crippen LogP contribution is 2.37. The van der Waals surface area contributed by atoms with Crippen molar-refractivity contribution in [2.24, 2.45) is 0 Å². The number of H-pyrrole nitrogens is 1. The van der Waals surface area contributed by atoms with Crippen LogP contribution in [0.4, 0.5) is 0 Å². The summed E-state index contributed by atoms with van der Waals surface area (Å²) in [5.74, 6) is 0. The molecule has 0 spiro atoms. The second kappa shape index (κ2) is 4.53. The minimum atomic E-state index is 0.276. The van der Waals surface area contributed by atoms with Crippen LogP contribution in [0.3, 0.4) is 0 Å². The van der Waals surface area contributed by atoms with Gasteiger partial charge in [0.05, 0.1) is 14.5 Å². The Bertz CT molecular complexity index is 579. The summed E-state index contributed by atoms with van der Waals surface area (Å²) in [6.45, 7) is 4.59. The van der Waals surface area contributed by atoms with Crippen molar-refractivity contribution in [2.75, 3.05) is 13.1 Å². The van der Waals surface area contributed by atoms with Crippen LogP contribution in [0.2, 0.25) is 0 Å². The van der Waals surface area contributed by atoms with E-state index in [9.17, 15) is 0 Å². The van der Waals surface area contributed by atoms with E-state index >= 15 is 0 Å². The van der Waals surface area contributed by atoms with Crippen molar-refractivity contribution in [3.63, 3.8) is 0 Å². The van der Waals surface area contributed by atoms with E-state index in [1.807, 2.05) is 0 Å². The Hall–Kier alpha value is -1.11. The molecule has 2 nitrogen and oxygen atoms in total. The zero-order valence-corrected chi connectivity index (χ0v) is 11.8. The minimum Gasteiger partial charge on any atom is -0.361 e. The first kappa shape index (κ1) is 12.0. The van der Waals surface area contributed by atoms with Gasteiger partial charge < -0.3 is 10.3 Å². The van der Waals surface area contributed by atoms with E-state index in [1.54, 1.807) is 0 Å². The summed E-state index contributed by atoms with van der Waals surface area (Å²) in [4.78, 5) is 3.44. The lowest BCUT2D eigenvalue weighted by Crippen LogP contribution is -2.24. The quantitative estimate of drug-likeness (QED) is 0.815. The molecule has 1 fully saturated rings. The SMILES string of the molecule is C=[PH+]Cc1cccc2[nH]cc(C3(C)CCNC3)c12. The van der Waals surface area contributed by atoms with E-state index < -0.39 is 0 Å². The Balaban J connectivity index is 2.20. The summed E-state index contributed by atoms with van der Waals surface area (Å²) >= 11 is 0. The molecule has 0 saturated carbocycles. The zero-order chi connectivity index (χ0) is 12.6. The summed E-state index contributed by atoms with van der Waals surface area (Å²) in [6.07, 6.45) is 8.55. The van der Waals surface area contributed by atoms with Gasteiger partial charge in [0.1, 0.15) is 6.16 Å². The highest BCUT2D eigenvalue weighted by molar-refractivity contribution is 7.35. The van der Waals surface area contributed by atoms with Crippen LogP contribution >= 0.6 is 8.20 Å². The molecular weight excluding hydrogens is 239 g/mol. The Kier molecular flexibility index (Phi) is 3.01. The Labute approximate surface area is 110 Å². The molecule has 2 heterocycles. The fraction of sp³-hybridized carbons (Fsp3) is 0.400. The highest BCUT2D eigenvalue weighted by Gasteiger charge is 2.33. The van der Waals surface area contributed by atoms with Crippen molar-refractivity contribution in [1.29, 1.82) is 0 Å². The first-order valence-corrected chi connectivity index (χ1v) is 7.96. The molecule has 1 aliphatic heterocycles. The Morgan fingerprint density at radius 3 is 3.06 bits per heavy atom. The molecular formula is C15H20N2P+. The monoisotopic (exact) mass is 259 g/mol. The zero-order valence-electron chi connectivity index (χ0n) is 10.8. The van der Waals surface area contributed by atoms with Crippen molar-refractivity contribution in [1.82, 2.24) is 10.3 Å². The second-order valence-corrected chi connectivity index (χ2v) is 6.31. The maximum Gasteiger partial charge on any atom is 0.129 e. The molecule has 2 aromatic rings. The molecule has 18 heavy (non-hydrogen) atoms. The lowest BCUT2D eigenvalue weighted by molar-refractivity contribution is 0.529. The smallest absolute Gasteiger partial charge is 0.129 e. The van der Waals surface area contributed by atoms with Gasteiger partial charge in [-0.3, -0.25) is 0 Å². The van der Waals surface area contributed by atoms with Crippen LogP contribution in [-0.4, -0.2) is 24.4 Å². The molecule has 0 amide bonds. The lowest BCUT2D eigenvalue weighted by Gasteiger charge is -2.22. The third kappa shape index (κ3) is 1.81. The van der Waals surface area contributed by atoms with E-state index in [4.69, 9.17) is 0 Å². The number of hydrogen-bond donors (Lipinski definition) is 2. The number of fused-ring (bicyclic) bond motifs is 1. The van der Waals surface area contributed by atoms with Gasteiger partial charge >= 0.3 is 0 Å². The third-order valence-corrected chi connectivity index (χ3v) is 4.76. The molecule has 1 aromatic carbocycles. The van der Waals surface area contributed by atoms with Crippen LogP contribution < -0.4 is 5.32 Å². The third-order valence-electron chi connectivity index (χ3n) is 4.13. The molecule has 2 unspecified atom stereocenters. The van der Waals surface area contributed by atoms with E-state index in [2.05, 4.69) is 47.9 Å². The first-order chi connectivity index (χ1) is 8.74. The Morgan fingerprint density at radius 1 is 1.44 bits per heavy atom. The van der Waals surface area contributed by atoms with Crippen molar-refractivity contribution >= 4 is 25.4 Å². The van der Waals surface area contributed by atoms with Gasteiger partial charge in [0.25, 0.3) is 0 Å². The Morgan fingerprint density at radius 2 is 2.33 bits per heavy atom. The fourth-order valence-corrected chi connectivity index (χ4v) is 3.63. The molecule has 94 valence electrons. The first-order valence-electron chi connectivity index (χ1n) is 6.55. The molecule has 0 aliphatic carbocycles. The average Bonchev–Trinajstić information content (AvgIpc) is 2.97. The number of aromatic amines is 1. The lowest BCUT2D eigenvalue weighted by atomic mass is 9.81. The van der Waals surface area contributed by atoms with Gasteiger partial charge in [0.15, 0.2) is 0 Å². The van der Waals surface area contributed by atoms with E-state index in [0.29, 0.717) is 0 Å². The van der Waals surface area contributed by atoms with Crippen molar-refractivity contribution < 1.29 is 0 Å². The fourth-order valence-electron chi connectivity index (χ4n) is 3.07. The number of benzene rings is 1. The molecule has 3 heteroatoms. The predicted octanol–water partition coefficient (Wildman–Crippen LogP) is 3.03. The predicted molar refractivity (Wildman–Crippen MR) is 82.3 cm³/mol. The molecule has 1 aliphatic rings. The van der Waals surface area contributed by atoms with Crippen LogP contribution in [0.1, 0.15) is 24.5 Å². The van der Waals surface area contributed by atoms with Gasteiger partial charge in [-0.2, -0.15) is 0 Å². The molecule has 0 bridgehead atoms. The molecule has 0 radical (unpaired) electrons. The van der Waals surface area contributed by atoms with E-state index in [0.717, 1.165) is 27.5 Å². The van der Waals surface area contributed by atoms with Crippen molar-refractivity contribution in [3.05, 3.63) is 35.5 Å². The number of rotatable bonds is 3. The van der Waals surface area contributed by atoms with Crippen LogP contribution in [0.15, 0.2) is 24.4 Å². The van der Waals surface area contributed by atoms with Crippen LogP contribution in [0, 0.1) is 0 Å². The van der Waals surface area contributed by atoms with Crippen LogP contribution in [0.5, 0.6) is 0 Å². The van der Waals surface area contributed by atoms with Crippen LogP contribution in [-0.2, 0) is 11.6 Å². The average molecular weight is 259 g/mol. The maximum absolute atomic E-state index is 4.02. The van der Waals surface area contributed by atoms with E-state index in [-0.39, 0.29) is 5.41 Å². The number of aromatic nitrogens is 1. The van der Waals surface area contributed by atoms with Crippen molar-refractivity contribution in [2.45, 2.75) is 24.9 Å². The van der Waals surface area contributed by atoms with Crippen molar-refractivity contribution in [3.8, 4) is 0 Å². The number of nitrogens with one attached hydrogen (secondary N) is 2. The second-order valence-electron chi connectivity index (χ2n) is 5.46. The standard InChI is InChI=1S/C15H19N2P/c1-15(6-7-16-10-15)12-8-17-13-5-3-4-11(9-18-2)14(12)13/h3-5,8,16-17H,2,6-7,9-10H2,1H3/p+1. The van der Waals surface area contributed by atoms with E-state index in [1.165, 1.54) is 28.5 Å². The molecule has 1 saturated heterocycles. The van der Waals surface area contributed by atoms with Gasteiger partial charge in [-0.15, -0.1) is 0 Å². The topological polar surface area (TPSA) is 27.8 Å². The van der Waals surface area contributed by atoms with Gasteiger partial charge in [-0.1, -0.05) is 19.1 Å². The molecule has 1 aromatic heterocycles. The summed E-state index contributed by atoms with van der Waals surface area (Å²) < 4.78 is 0. The van der Waals surface area contributed by atoms with Gasteiger partial charge in [-0.05, 0) is 24.6 Å². The summed E-state index contributed by atoms with van der Waals surface area (Å²) in [5.41, 5.74) is 4.48. The van der Waals surface area contributed by atoms with Gasteiger partial charge in [0.2, 0.25) is 0 Å². The summed E-state index contributed by atoms with van der Waals surface area (Å²) in [5, 5.41) is 4.94. The van der Waals surface area contributed by atoms with Crippen LogP contribution in [0.25, 0.3) is 10.9 Å². The largest absolute Gasteiger partial charge is 0.361 e. The van der Waals surface area contributed by atoms with Gasteiger partial charge in [-0.25, -0.2) is 0 Å². The summed E-state index contributed by atoms with van der Waals surface area (Å²) in [7, 11) is 0.728. The molecule has 2 atom stereocenters.